The zero-order chi connectivity index (χ0) is 11.8. The lowest BCUT2D eigenvalue weighted by molar-refractivity contribution is 0.276. The molecule has 0 fully saturated rings. The molecule has 0 aliphatic carbocycles. The summed E-state index contributed by atoms with van der Waals surface area (Å²) in [6.07, 6.45) is 1.18. The van der Waals surface area contributed by atoms with Gasteiger partial charge in [0.15, 0.2) is 11.5 Å². The van der Waals surface area contributed by atoms with Gasteiger partial charge in [0.1, 0.15) is 0 Å². The Morgan fingerprint density at radius 3 is 2.81 bits per heavy atom. The summed E-state index contributed by atoms with van der Waals surface area (Å²) < 4.78 is 10.6. The molecule has 0 saturated heterocycles. The number of nitrogens with zero attached hydrogens (tertiary/aromatic N) is 1. The molecule has 0 saturated carbocycles. The van der Waals surface area contributed by atoms with Crippen LogP contribution in [0, 0.1) is 11.3 Å². The Morgan fingerprint density at radius 1 is 1.38 bits per heavy atom. The Balaban J connectivity index is 2.61. The normalized spacial score (nSPS) is 9.56. The first-order chi connectivity index (χ1) is 7.81. The molecule has 0 aromatic heterocycles. The van der Waals surface area contributed by atoms with Crippen LogP contribution in [0.4, 0.5) is 0 Å². The van der Waals surface area contributed by atoms with Gasteiger partial charge in [0.25, 0.3) is 0 Å². The fourth-order valence-electron chi connectivity index (χ4n) is 1.26. The van der Waals surface area contributed by atoms with E-state index >= 15 is 0 Å². The average molecular weight is 221 g/mol. The predicted molar refractivity (Wildman–Crippen MR) is 59.3 cm³/mol. The third kappa shape index (κ3) is 3.44. The van der Waals surface area contributed by atoms with E-state index in [-0.39, 0.29) is 6.61 Å². The van der Waals surface area contributed by atoms with E-state index in [0.29, 0.717) is 30.9 Å². The Kier molecular flexibility index (Phi) is 5.17. The minimum Gasteiger partial charge on any atom is -0.493 e. The van der Waals surface area contributed by atoms with Crippen molar-refractivity contribution in [1.29, 1.82) is 5.26 Å². The number of hydrogen-bond acceptors (Lipinski definition) is 4. The van der Waals surface area contributed by atoms with Gasteiger partial charge in [-0.3, -0.25) is 0 Å². The summed E-state index contributed by atoms with van der Waals surface area (Å²) >= 11 is 0. The van der Waals surface area contributed by atoms with Gasteiger partial charge in [0.2, 0.25) is 0 Å². The average Bonchev–Trinajstić information content (AvgIpc) is 2.34. The van der Waals surface area contributed by atoms with E-state index in [4.69, 9.17) is 19.8 Å². The molecule has 0 atom stereocenters. The molecule has 0 bridgehead atoms. The summed E-state index contributed by atoms with van der Waals surface area (Å²) in [5.41, 5.74) is 0.779. The van der Waals surface area contributed by atoms with Crippen molar-refractivity contribution < 1.29 is 14.6 Å². The molecular weight excluding hydrogens is 206 g/mol. The first-order valence-corrected chi connectivity index (χ1v) is 5.09. The molecular formula is C12H15NO3. The summed E-state index contributed by atoms with van der Waals surface area (Å²) in [4.78, 5) is 0. The molecule has 16 heavy (non-hydrogen) atoms. The second kappa shape index (κ2) is 6.70. The number of nitriles is 1. The molecule has 0 spiro atoms. The van der Waals surface area contributed by atoms with Crippen LogP contribution in [-0.2, 0) is 6.61 Å². The highest BCUT2D eigenvalue weighted by Crippen LogP contribution is 2.28. The van der Waals surface area contributed by atoms with Crippen molar-refractivity contribution >= 4 is 0 Å². The standard InChI is InChI=1S/C12H15NO3/c1-15-12-8-10(9-14)4-5-11(12)16-7-3-2-6-13/h4-5,8,14H,2-3,7,9H2,1H3. The van der Waals surface area contributed by atoms with E-state index in [1.165, 1.54) is 0 Å². The molecule has 86 valence electrons. The van der Waals surface area contributed by atoms with Gasteiger partial charge in [-0.1, -0.05) is 6.07 Å². The quantitative estimate of drug-likeness (QED) is 0.745. The van der Waals surface area contributed by atoms with Crippen molar-refractivity contribution in [1.82, 2.24) is 0 Å². The van der Waals surface area contributed by atoms with Gasteiger partial charge in [-0.2, -0.15) is 5.26 Å². The third-order valence-corrected chi connectivity index (χ3v) is 2.10. The highest BCUT2D eigenvalue weighted by Gasteiger charge is 2.04. The lowest BCUT2D eigenvalue weighted by atomic mass is 10.2. The Morgan fingerprint density at radius 2 is 2.19 bits per heavy atom. The van der Waals surface area contributed by atoms with Gasteiger partial charge in [-0.25, -0.2) is 0 Å². The van der Waals surface area contributed by atoms with Gasteiger partial charge < -0.3 is 14.6 Å². The highest BCUT2D eigenvalue weighted by molar-refractivity contribution is 5.42. The highest BCUT2D eigenvalue weighted by atomic mass is 16.5. The van der Waals surface area contributed by atoms with Crippen LogP contribution in [0.5, 0.6) is 11.5 Å². The van der Waals surface area contributed by atoms with Crippen LogP contribution in [-0.4, -0.2) is 18.8 Å². The molecule has 1 aromatic rings. The Hall–Kier alpha value is -1.73. The van der Waals surface area contributed by atoms with E-state index < -0.39 is 0 Å². The van der Waals surface area contributed by atoms with Gasteiger partial charge in [0, 0.05) is 6.42 Å². The lowest BCUT2D eigenvalue weighted by Crippen LogP contribution is -1.99. The summed E-state index contributed by atoms with van der Waals surface area (Å²) in [5, 5.41) is 17.3. The summed E-state index contributed by atoms with van der Waals surface area (Å²) in [7, 11) is 1.55. The first kappa shape index (κ1) is 12.3. The number of unbranched alkanes of at least 4 members (excludes halogenated alkanes) is 1. The largest absolute Gasteiger partial charge is 0.493 e. The van der Waals surface area contributed by atoms with Gasteiger partial charge >= 0.3 is 0 Å². The SMILES string of the molecule is COc1cc(CO)ccc1OCCCC#N. The second-order valence-electron chi connectivity index (χ2n) is 3.25. The molecule has 1 rings (SSSR count). The number of benzene rings is 1. The fourth-order valence-corrected chi connectivity index (χ4v) is 1.26. The monoisotopic (exact) mass is 221 g/mol. The molecule has 0 heterocycles. The van der Waals surface area contributed by atoms with Crippen LogP contribution in [0.25, 0.3) is 0 Å². The molecule has 0 unspecified atom stereocenters. The van der Waals surface area contributed by atoms with Crippen molar-refractivity contribution in [3.05, 3.63) is 23.8 Å². The maximum absolute atomic E-state index is 8.96. The molecule has 0 amide bonds. The van der Waals surface area contributed by atoms with E-state index in [1.54, 1.807) is 25.3 Å². The van der Waals surface area contributed by atoms with Crippen molar-refractivity contribution in [2.75, 3.05) is 13.7 Å². The molecule has 4 heteroatoms. The minimum absolute atomic E-state index is 0.0227. The molecule has 1 N–H and O–H groups in total. The van der Waals surface area contributed by atoms with Crippen LogP contribution >= 0.6 is 0 Å². The van der Waals surface area contributed by atoms with Crippen molar-refractivity contribution in [2.45, 2.75) is 19.4 Å². The van der Waals surface area contributed by atoms with E-state index in [2.05, 4.69) is 6.07 Å². The van der Waals surface area contributed by atoms with Crippen LogP contribution in [0.1, 0.15) is 18.4 Å². The zero-order valence-electron chi connectivity index (χ0n) is 9.27. The maximum atomic E-state index is 8.96. The summed E-state index contributed by atoms with van der Waals surface area (Å²) in [6, 6.07) is 7.33. The first-order valence-electron chi connectivity index (χ1n) is 5.09. The molecule has 0 radical (unpaired) electrons. The van der Waals surface area contributed by atoms with Crippen molar-refractivity contribution in [2.24, 2.45) is 0 Å². The second-order valence-corrected chi connectivity index (χ2v) is 3.25. The number of ether oxygens (including phenoxy) is 2. The predicted octanol–water partition coefficient (Wildman–Crippen LogP) is 1.87. The fraction of sp³-hybridized carbons (Fsp3) is 0.417. The van der Waals surface area contributed by atoms with Gasteiger partial charge in [-0.05, 0) is 24.1 Å². The molecule has 1 aromatic carbocycles. The summed E-state index contributed by atoms with van der Waals surface area (Å²) in [6.45, 7) is 0.466. The van der Waals surface area contributed by atoms with Crippen LogP contribution in [0.2, 0.25) is 0 Å². The smallest absolute Gasteiger partial charge is 0.161 e. The zero-order valence-corrected chi connectivity index (χ0v) is 9.27. The van der Waals surface area contributed by atoms with Gasteiger partial charge in [-0.15, -0.1) is 0 Å². The number of hydrogen-bond donors (Lipinski definition) is 1. The molecule has 0 aliphatic rings. The molecule has 4 nitrogen and oxygen atoms in total. The lowest BCUT2D eigenvalue weighted by Gasteiger charge is -2.10. The van der Waals surface area contributed by atoms with Crippen molar-refractivity contribution in [3.63, 3.8) is 0 Å². The topological polar surface area (TPSA) is 62.5 Å². The van der Waals surface area contributed by atoms with Crippen molar-refractivity contribution in [3.8, 4) is 17.6 Å². The van der Waals surface area contributed by atoms with E-state index in [9.17, 15) is 0 Å². The van der Waals surface area contributed by atoms with Crippen LogP contribution in [0.3, 0.4) is 0 Å². The number of rotatable bonds is 6. The Labute approximate surface area is 95.0 Å². The van der Waals surface area contributed by atoms with E-state index in [1.807, 2.05) is 0 Å². The summed E-state index contributed by atoms with van der Waals surface area (Å²) in [5.74, 6) is 1.24. The number of aliphatic hydroxyl groups excluding tert-OH is 1. The maximum Gasteiger partial charge on any atom is 0.161 e. The molecule has 0 aliphatic heterocycles. The van der Waals surface area contributed by atoms with Crippen LogP contribution < -0.4 is 9.47 Å². The van der Waals surface area contributed by atoms with Crippen LogP contribution in [0.15, 0.2) is 18.2 Å². The minimum atomic E-state index is -0.0227. The third-order valence-electron chi connectivity index (χ3n) is 2.10. The van der Waals surface area contributed by atoms with E-state index in [0.717, 1.165) is 5.56 Å². The number of aliphatic hydroxyl groups is 1. The number of methoxy groups -OCH3 is 1. The Bertz CT molecular complexity index is 371. The van der Waals surface area contributed by atoms with Gasteiger partial charge in [0.05, 0.1) is 26.4 Å².